The predicted molar refractivity (Wildman–Crippen MR) is 73.3 cm³/mol. The summed E-state index contributed by atoms with van der Waals surface area (Å²) in [5, 5.41) is 7.22. The topological polar surface area (TPSA) is 83.5 Å². The highest BCUT2D eigenvalue weighted by molar-refractivity contribution is 9.10. The Morgan fingerprint density at radius 1 is 1.33 bits per heavy atom. The van der Waals surface area contributed by atoms with Gasteiger partial charge in [-0.25, -0.2) is 8.42 Å². The number of carbonyl (C=O) groups is 1. The summed E-state index contributed by atoms with van der Waals surface area (Å²) in [6, 6.07) is 3.28. The van der Waals surface area contributed by atoms with Gasteiger partial charge in [-0.05, 0) is 44.0 Å². The van der Waals surface area contributed by atoms with Crippen molar-refractivity contribution in [2.45, 2.75) is 26.0 Å². The van der Waals surface area contributed by atoms with Crippen LogP contribution >= 0.6 is 15.9 Å². The Labute approximate surface area is 114 Å². The van der Waals surface area contributed by atoms with Gasteiger partial charge in [0.1, 0.15) is 0 Å². The summed E-state index contributed by atoms with van der Waals surface area (Å²) >= 11 is 3.37. The van der Waals surface area contributed by atoms with E-state index >= 15 is 0 Å². The van der Waals surface area contributed by atoms with E-state index in [2.05, 4.69) is 20.7 Å². The Kier molecular flexibility index (Phi) is 4.39. The molecular formula is C11H14BrNO4S. The van der Waals surface area contributed by atoms with E-state index < -0.39 is 21.2 Å². The highest BCUT2D eigenvalue weighted by Crippen LogP contribution is 2.25. The number of rotatable bonds is 4. The van der Waals surface area contributed by atoms with Crippen molar-refractivity contribution in [1.29, 1.82) is 0 Å². The molecule has 0 aromatic heterocycles. The van der Waals surface area contributed by atoms with E-state index in [1.165, 1.54) is 0 Å². The highest BCUT2D eigenvalue weighted by Gasteiger charge is 2.27. The molecule has 0 spiro atoms. The molecule has 0 fully saturated rings. The Bertz CT molecular complexity index is 560. The first kappa shape index (κ1) is 15.0. The molecular weight excluding hydrogens is 322 g/mol. The molecule has 0 saturated heterocycles. The van der Waals surface area contributed by atoms with Gasteiger partial charge < -0.3 is 5.11 Å². The van der Waals surface area contributed by atoms with E-state index in [1.54, 1.807) is 12.1 Å². The summed E-state index contributed by atoms with van der Waals surface area (Å²) in [5.41, 5.74) is 2.10. The van der Waals surface area contributed by atoms with E-state index in [9.17, 15) is 13.2 Å². The van der Waals surface area contributed by atoms with Gasteiger partial charge in [0.05, 0.1) is 0 Å². The Morgan fingerprint density at radius 2 is 1.78 bits per heavy atom. The number of hydrogen-bond acceptors (Lipinski definition) is 3. The molecule has 1 rings (SSSR count). The maximum atomic E-state index is 11.7. The van der Waals surface area contributed by atoms with Crippen LogP contribution in [-0.2, 0) is 14.8 Å². The zero-order valence-corrected chi connectivity index (χ0v) is 12.6. The summed E-state index contributed by atoms with van der Waals surface area (Å²) in [4.78, 5) is 10.7. The minimum absolute atomic E-state index is 0.362. The van der Waals surface area contributed by atoms with Crippen LogP contribution in [0.15, 0.2) is 16.6 Å². The lowest BCUT2D eigenvalue weighted by Crippen LogP contribution is -2.32. The second-order valence-corrected chi connectivity index (χ2v) is 6.85. The highest BCUT2D eigenvalue weighted by atomic mass is 79.9. The Balaban J connectivity index is 3.09. The number of benzene rings is 1. The molecule has 2 N–H and O–H groups in total. The lowest BCUT2D eigenvalue weighted by atomic mass is 10.1. The Morgan fingerprint density at radius 3 is 2.17 bits per heavy atom. The van der Waals surface area contributed by atoms with Gasteiger partial charge in [0.2, 0.25) is 10.0 Å². The van der Waals surface area contributed by atoms with Gasteiger partial charge >= 0.3 is 5.97 Å². The average Bonchev–Trinajstić information content (AvgIpc) is 2.23. The molecule has 1 atom stereocenters. The van der Waals surface area contributed by atoms with Crippen molar-refractivity contribution < 1.29 is 18.3 Å². The van der Waals surface area contributed by atoms with Crippen molar-refractivity contribution in [2.75, 3.05) is 4.72 Å². The van der Waals surface area contributed by atoms with Crippen molar-refractivity contribution >= 4 is 37.6 Å². The first-order valence-corrected chi connectivity index (χ1v) is 7.50. The fourth-order valence-electron chi connectivity index (χ4n) is 1.39. The van der Waals surface area contributed by atoms with Gasteiger partial charge in [-0.1, -0.05) is 15.9 Å². The van der Waals surface area contributed by atoms with Gasteiger partial charge in [0.25, 0.3) is 0 Å². The fourth-order valence-corrected chi connectivity index (χ4v) is 2.51. The molecule has 1 unspecified atom stereocenters. The van der Waals surface area contributed by atoms with Gasteiger partial charge in [0, 0.05) is 10.2 Å². The summed E-state index contributed by atoms with van der Waals surface area (Å²) in [7, 11) is -3.92. The first-order valence-electron chi connectivity index (χ1n) is 5.16. The monoisotopic (exact) mass is 335 g/mol. The van der Waals surface area contributed by atoms with Crippen molar-refractivity contribution in [3.63, 3.8) is 0 Å². The molecule has 0 heterocycles. The molecule has 5 nitrogen and oxygen atoms in total. The van der Waals surface area contributed by atoms with Crippen LogP contribution in [0, 0.1) is 13.8 Å². The number of aliphatic carboxylic acids is 1. The van der Waals surface area contributed by atoms with Crippen molar-refractivity contribution in [3.05, 3.63) is 27.7 Å². The third-order valence-electron chi connectivity index (χ3n) is 2.51. The number of aryl methyl sites for hydroxylation is 2. The molecule has 0 saturated carbocycles. The molecule has 0 aliphatic rings. The molecule has 0 aliphatic carbocycles. The van der Waals surface area contributed by atoms with Crippen LogP contribution in [-0.4, -0.2) is 24.7 Å². The summed E-state index contributed by atoms with van der Waals surface area (Å²) < 4.78 is 26.7. The molecule has 0 aliphatic heterocycles. The lowest BCUT2D eigenvalue weighted by molar-refractivity contribution is -0.136. The molecule has 0 radical (unpaired) electrons. The molecule has 1 aromatic rings. The van der Waals surface area contributed by atoms with Crippen LogP contribution in [0.1, 0.15) is 18.1 Å². The van der Waals surface area contributed by atoms with Crippen LogP contribution in [0.3, 0.4) is 0 Å². The van der Waals surface area contributed by atoms with Crippen LogP contribution in [0.5, 0.6) is 0 Å². The van der Waals surface area contributed by atoms with Gasteiger partial charge in [-0.2, -0.15) is 0 Å². The number of hydrogen-bond donors (Lipinski definition) is 2. The summed E-state index contributed by atoms with van der Waals surface area (Å²) in [6.45, 7) is 4.79. The average molecular weight is 336 g/mol. The van der Waals surface area contributed by atoms with Gasteiger partial charge in [-0.15, -0.1) is 0 Å². The minimum atomic E-state index is -3.92. The minimum Gasteiger partial charge on any atom is -0.480 e. The third-order valence-corrected chi connectivity index (χ3v) is 5.41. The molecule has 100 valence electrons. The summed E-state index contributed by atoms with van der Waals surface area (Å²) in [5.74, 6) is -1.38. The number of halogens is 1. The van der Waals surface area contributed by atoms with Crippen molar-refractivity contribution in [3.8, 4) is 0 Å². The van der Waals surface area contributed by atoms with Crippen molar-refractivity contribution in [2.24, 2.45) is 0 Å². The fraction of sp³-hybridized carbons (Fsp3) is 0.364. The SMILES string of the molecule is Cc1cc(NS(=O)(=O)C(C)C(=O)O)cc(C)c1Br. The number of anilines is 1. The molecule has 7 heteroatoms. The number of carboxylic acids is 1. The van der Waals surface area contributed by atoms with E-state index in [0.29, 0.717) is 5.69 Å². The largest absolute Gasteiger partial charge is 0.480 e. The quantitative estimate of drug-likeness (QED) is 0.884. The van der Waals surface area contributed by atoms with Crippen LogP contribution < -0.4 is 4.72 Å². The zero-order valence-electron chi connectivity index (χ0n) is 10.2. The van der Waals surface area contributed by atoms with E-state index in [0.717, 1.165) is 22.5 Å². The maximum Gasteiger partial charge on any atom is 0.323 e. The molecule has 0 bridgehead atoms. The molecule has 1 aromatic carbocycles. The standard InChI is InChI=1S/C11H14BrNO4S/c1-6-4-9(5-7(2)10(6)12)13-18(16,17)8(3)11(14)15/h4-5,8,13H,1-3H3,(H,14,15). The predicted octanol–water partition coefficient (Wildman–Crippen LogP) is 2.28. The first-order chi connectivity index (χ1) is 8.15. The van der Waals surface area contributed by atoms with E-state index in [1.807, 2.05) is 13.8 Å². The Hall–Kier alpha value is -1.08. The van der Waals surface area contributed by atoms with Crippen LogP contribution in [0.25, 0.3) is 0 Å². The molecule has 18 heavy (non-hydrogen) atoms. The third kappa shape index (κ3) is 3.23. The van der Waals surface area contributed by atoms with Crippen LogP contribution in [0.4, 0.5) is 5.69 Å². The second kappa shape index (κ2) is 5.27. The number of nitrogens with one attached hydrogen (secondary N) is 1. The van der Waals surface area contributed by atoms with E-state index in [-0.39, 0.29) is 0 Å². The normalized spacial score (nSPS) is 13.1. The van der Waals surface area contributed by atoms with Crippen molar-refractivity contribution in [1.82, 2.24) is 0 Å². The maximum absolute atomic E-state index is 11.7. The lowest BCUT2D eigenvalue weighted by Gasteiger charge is -2.13. The van der Waals surface area contributed by atoms with E-state index in [4.69, 9.17) is 5.11 Å². The molecule has 0 amide bonds. The van der Waals surface area contributed by atoms with Gasteiger partial charge in [-0.3, -0.25) is 9.52 Å². The number of carboxylic acid groups (broad SMARTS) is 1. The summed E-state index contributed by atoms with van der Waals surface area (Å²) in [6.07, 6.45) is 0. The zero-order chi connectivity index (χ0) is 14.1. The second-order valence-electron chi connectivity index (χ2n) is 4.05. The smallest absolute Gasteiger partial charge is 0.323 e. The number of sulfonamides is 1. The van der Waals surface area contributed by atoms with Crippen LogP contribution in [0.2, 0.25) is 0 Å². The van der Waals surface area contributed by atoms with Gasteiger partial charge in [0.15, 0.2) is 5.25 Å².